The van der Waals surface area contributed by atoms with Crippen molar-refractivity contribution in [3.05, 3.63) is 54.6 Å². The molecule has 1 unspecified atom stereocenters. The molecule has 9 heteroatoms. The van der Waals surface area contributed by atoms with E-state index in [1.165, 1.54) is 17.4 Å². The van der Waals surface area contributed by atoms with Gasteiger partial charge >= 0.3 is 0 Å². The Balaban J connectivity index is 1.31. The van der Waals surface area contributed by atoms with E-state index in [2.05, 4.69) is 44.2 Å². The molecule has 1 atom stereocenters. The molecule has 4 rings (SSSR count). The molecule has 8 nitrogen and oxygen atoms in total. The highest BCUT2D eigenvalue weighted by Crippen LogP contribution is 2.27. The normalized spacial score (nSPS) is 15.2. The second-order valence-electron chi connectivity index (χ2n) is 8.53. The van der Waals surface area contributed by atoms with E-state index in [9.17, 15) is 4.79 Å². The zero-order valence-electron chi connectivity index (χ0n) is 20.4. The number of rotatable bonds is 12. The third-order valence-corrected chi connectivity index (χ3v) is 6.96. The SMILES string of the molecule is COc1ccc(-c2nnc(SCC(=O)NCCCN(C)c3ccccc3)n2CC2CCCO2)cc1. The predicted octanol–water partition coefficient (Wildman–Crippen LogP) is 3.87. The second-order valence-corrected chi connectivity index (χ2v) is 9.47. The summed E-state index contributed by atoms with van der Waals surface area (Å²) in [5.41, 5.74) is 2.13. The standard InChI is InChI=1S/C26H33N5O3S/c1-30(21-8-4-3-5-9-21)16-7-15-27-24(32)19-35-26-29-28-25(20-11-13-22(33-2)14-12-20)31(26)18-23-10-6-17-34-23/h3-5,8-9,11-14,23H,6-7,10,15-19H2,1-2H3,(H,27,32). The molecule has 0 saturated carbocycles. The van der Waals surface area contributed by atoms with Gasteiger partial charge in [-0.25, -0.2) is 0 Å². The Kier molecular flexibility index (Phi) is 9.02. The third-order valence-electron chi connectivity index (χ3n) is 6.00. The van der Waals surface area contributed by atoms with Crippen molar-refractivity contribution < 1.29 is 14.3 Å². The topological polar surface area (TPSA) is 81.5 Å². The number of methoxy groups -OCH3 is 1. The van der Waals surface area contributed by atoms with Gasteiger partial charge in [0.05, 0.1) is 25.5 Å². The fraction of sp³-hybridized carbons (Fsp3) is 0.423. The smallest absolute Gasteiger partial charge is 0.230 e. The van der Waals surface area contributed by atoms with Gasteiger partial charge in [-0.1, -0.05) is 30.0 Å². The summed E-state index contributed by atoms with van der Waals surface area (Å²) < 4.78 is 13.2. The van der Waals surface area contributed by atoms with E-state index in [0.717, 1.165) is 54.7 Å². The lowest BCUT2D eigenvalue weighted by molar-refractivity contribution is -0.118. The van der Waals surface area contributed by atoms with Crippen molar-refractivity contribution in [2.75, 3.05) is 44.5 Å². The maximum Gasteiger partial charge on any atom is 0.230 e. The predicted molar refractivity (Wildman–Crippen MR) is 139 cm³/mol. The van der Waals surface area contributed by atoms with Gasteiger partial charge in [0.15, 0.2) is 11.0 Å². The van der Waals surface area contributed by atoms with Crippen molar-refractivity contribution in [3.8, 4) is 17.1 Å². The van der Waals surface area contributed by atoms with Gasteiger partial charge in [-0.3, -0.25) is 9.36 Å². The van der Waals surface area contributed by atoms with Crippen molar-refractivity contribution in [2.24, 2.45) is 0 Å². The Bertz CT molecular complexity index is 1070. The fourth-order valence-corrected chi connectivity index (χ4v) is 4.82. The summed E-state index contributed by atoms with van der Waals surface area (Å²) in [6.07, 6.45) is 3.09. The number of carbonyl (C=O) groups excluding carboxylic acids is 1. The summed E-state index contributed by atoms with van der Waals surface area (Å²) in [5.74, 6) is 1.85. The highest BCUT2D eigenvalue weighted by atomic mass is 32.2. The minimum Gasteiger partial charge on any atom is -0.497 e. The quantitative estimate of drug-likeness (QED) is 0.302. The summed E-state index contributed by atoms with van der Waals surface area (Å²) in [4.78, 5) is 14.7. The Hall–Kier alpha value is -3.04. The maximum absolute atomic E-state index is 12.5. The molecule has 1 N–H and O–H groups in total. The van der Waals surface area contributed by atoms with Crippen molar-refractivity contribution in [1.29, 1.82) is 0 Å². The first-order valence-corrected chi connectivity index (χ1v) is 13.0. The van der Waals surface area contributed by atoms with Crippen LogP contribution in [0.3, 0.4) is 0 Å². The van der Waals surface area contributed by atoms with Crippen LogP contribution in [-0.2, 0) is 16.1 Å². The van der Waals surface area contributed by atoms with Gasteiger partial charge in [-0.2, -0.15) is 0 Å². The number of nitrogens with zero attached hydrogens (tertiary/aromatic N) is 4. The van der Waals surface area contributed by atoms with Crippen molar-refractivity contribution in [1.82, 2.24) is 20.1 Å². The average Bonchev–Trinajstić information content (AvgIpc) is 3.56. The second kappa shape index (κ2) is 12.6. The molecule has 1 fully saturated rings. The fourth-order valence-electron chi connectivity index (χ4n) is 4.04. The van der Waals surface area contributed by atoms with Crippen LogP contribution in [0.4, 0.5) is 5.69 Å². The number of para-hydroxylation sites is 1. The van der Waals surface area contributed by atoms with E-state index < -0.39 is 0 Å². The van der Waals surface area contributed by atoms with Gasteiger partial charge in [-0.15, -0.1) is 10.2 Å². The molecular formula is C26H33N5O3S. The molecule has 35 heavy (non-hydrogen) atoms. The molecule has 0 aliphatic carbocycles. The summed E-state index contributed by atoms with van der Waals surface area (Å²) in [6.45, 7) is 2.97. The molecule has 186 valence electrons. The van der Waals surface area contributed by atoms with Crippen LogP contribution in [0.25, 0.3) is 11.4 Å². The lowest BCUT2D eigenvalue weighted by Gasteiger charge is -2.19. The summed E-state index contributed by atoms with van der Waals surface area (Å²) in [6, 6.07) is 18.0. The average molecular weight is 496 g/mol. The molecule has 0 radical (unpaired) electrons. The lowest BCUT2D eigenvalue weighted by atomic mass is 10.2. The number of benzene rings is 2. The molecule has 1 aliphatic rings. The number of hydrogen-bond acceptors (Lipinski definition) is 7. The molecule has 3 aromatic rings. The zero-order chi connectivity index (χ0) is 24.5. The van der Waals surface area contributed by atoms with E-state index in [4.69, 9.17) is 9.47 Å². The van der Waals surface area contributed by atoms with Crippen LogP contribution in [-0.4, -0.2) is 66.4 Å². The largest absolute Gasteiger partial charge is 0.497 e. The number of ether oxygens (including phenoxy) is 2. The minimum atomic E-state index is -0.00460. The van der Waals surface area contributed by atoms with Crippen LogP contribution < -0.4 is 15.0 Å². The Morgan fingerprint density at radius 1 is 1.20 bits per heavy atom. The first-order chi connectivity index (χ1) is 17.1. The summed E-state index contributed by atoms with van der Waals surface area (Å²) in [5, 5.41) is 12.6. The van der Waals surface area contributed by atoms with E-state index >= 15 is 0 Å². The first kappa shape index (κ1) is 25.1. The van der Waals surface area contributed by atoms with Crippen molar-refractivity contribution in [2.45, 2.75) is 37.1 Å². The molecule has 2 heterocycles. The minimum absolute atomic E-state index is 0.00460. The molecule has 0 spiro atoms. The van der Waals surface area contributed by atoms with Gasteiger partial charge in [-0.05, 0) is 55.7 Å². The number of aromatic nitrogens is 3. The number of amides is 1. The Labute approximate surface area is 211 Å². The van der Waals surface area contributed by atoms with Crippen LogP contribution in [0.5, 0.6) is 5.75 Å². The van der Waals surface area contributed by atoms with Crippen molar-refractivity contribution >= 4 is 23.4 Å². The first-order valence-electron chi connectivity index (χ1n) is 12.0. The van der Waals surface area contributed by atoms with Gasteiger partial charge < -0.3 is 19.7 Å². The Morgan fingerprint density at radius 2 is 2.00 bits per heavy atom. The lowest BCUT2D eigenvalue weighted by Crippen LogP contribution is -2.29. The van der Waals surface area contributed by atoms with E-state index in [1.54, 1.807) is 7.11 Å². The number of thioether (sulfide) groups is 1. The van der Waals surface area contributed by atoms with Crippen LogP contribution in [0, 0.1) is 0 Å². The van der Waals surface area contributed by atoms with E-state index in [-0.39, 0.29) is 12.0 Å². The van der Waals surface area contributed by atoms with Crippen LogP contribution in [0.2, 0.25) is 0 Å². The molecule has 0 bridgehead atoms. The number of anilines is 1. The third kappa shape index (κ3) is 6.99. The maximum atomic E-state index is 12.5. The molecule has 1 amide bonds. The summed E-state index contributed by atoms with van der Waals surface area (Å²) in [7, 11) is 3.71. The van der Waals surface area contributed by atoms with E-state index in [1.807, 2.05) is 42.5 Å². The molecule has 1 aliphatic heterocycles. The van der Waals surface area contributed by atoms with Gasteiger partial charge in [0.2, 0.25) is 5.91 Å². The molecule has 1 aromatic heterocycles. The van der Waals surface area contributed by atoms with Crippen LogP contribution in [0.1, 0.15) is 19.3 Å². The molecular weight excluding hydrogens is 462 g/mol. The molecule has 1 saturated heterocycles. The number of carbonyl (C=O) groups is 1. The molecule has 2 aromatic carbocycles. The van der Waals surface area contributed by atoms with Gasteiger partial charge in [0.1, 0.15) is 5.75 Å². The number of nitrogens with one attached hydrogen (secondary N) is 1. The number of hydrogen-bond donors (Lipinski definition) is 1. The monoisotopic (exact) mass is 495 g/mol. The van der Waals surface area contributed by atoms with Crippen LogP contribution >= 0.6 is 11.8 Å². The van der Waals surface area contributed by atoms with Gasteiger partial charge in [0.25, 0.3) is 0 Å². The Morgan fingerprint density at radius 3 is 2.71 bits per heavy atom. The van der Waals surface area contributed by atoms with E-state index in [0.29, 0.717) is 18.8 Å². The zero-order valence-corrected chi connectivity index (χ0v) is 21.2. The van der Waals surface area contributed by atoms with Crippen LogP contribution in [0.15, 0.2) is 59.8 Å². The van der Waals surface area contributed by atoms with Gasteiger partial charge in [0, 0.05) is 38.0 Å². The highest BCUT2D eigenvalue weighted by Gasteiger charge is 2.22. The highest BCUT2D eigenvalue weighted by molar-refractivity contribution is 7.99. The summed E-state index contributed by atoms with van der Waals surface area (Å²) >= 11 is 1.41. The van der Waals surface area contributed by atoms with Crippen molar-refractivity contribution in [3.63, 3.8) is 0 Å².